The predicted octanol–water partition coefficient (Wildman–Crippen LogP) is 3.08. The Bertz CT molecular complexity index is 696. The molecular formula is C19H25N3O3. The van der Waals surface area contributed by atoms with Crippen molar-refractivity contribution in [1.29, 1.82) is 0 Å². The van der Waals surface area contributed by atoms with Crippen LogP contribution in [0.15, 0.2) is 34.9 Å². The predicted molar refractivity (Wildman–Crippen MR) is 94.5 cm³/mol. The molecule has 6 nitrogen and oxygen atoms in total. The van der Waals surface area contributed by atoms with Crippen LogP contribution in [-0.2, 0) is 0 Å². The molecule has 1 fully saturated rings. The summed E-state index contributed by atoms with van der Waals surface area (Å²) in [7, 11) is 0. The number of nitrogens with two attached hydrogens (primary N) is 1. The maximum Gasteiger partial charge on any atom is 0.248 e. The zero-order valence-electron chi connectivity index (χ0n) is 14.6. The number of ether oxygens (including phenoxy) is 1. The summed E-state index contributed by atoms with van der Waals surface area (Å²) in [6, 6.07) is 9.32. The molecule has 25 heavy (non-hydrogen) atoms. The van der Waals surface area contributed by atoms with Gasteiger partial charge in [0.25, 0.3) is 0 Å². The summed E-state index contributed by atoms with van der Waals surface area (Å²) in [5.74, 6) is 1.20. The molecule has 2 N–H and O–H groups in total. The zero-order valence-corrected chi connectivity index (χ0v) is 14.6. The minimum Gasteiger partial charge on any atom is -0.494 e. The van der Waals surface area contributed by atoms with E-state index in [1.54, 1.807) is 24.3 Å². The number of carbonyl (C=O) groups excluding carboxylic acids is 1. The number of aryl methyl sites for hydroxylation is 1. The van der Waals surface area contributed by atoms with E-state index in [1.807, 2.05) is 13.0 Å². The van der Waals surface area contributed by atoms with E-state index in [4.69, 9.17) is 15.0 Å². The molecule has 0 radical (unpaired) electrons. The fraction of sp³-hybridized carbons (Fsp3) is 0.474. The van der Waals surface area contributed by atoms with Crippen LogP contribution in [0.1, 0.15) is 53.5 Å². The lowest BCUT2D eigenvalue weighted by Crippen LogP contribution is -2.35. The zero-order chi connectivity index (χ0) is 17.6. The molecule has 2 aromatic rings. The van der Waals surface area contributed by atoms with Crippen LogP contribution in [0, 0.1) is 6.92 Å². The molecule has 134 valence electrons. The first-order valence-electron chi connectivity index (χ1n) is 8.83. The Balaban J connectivity index is 1.47. The number of primary amides is 1. The summed E-state index contributed by atoms with van der Waals surface area (Å²) in [5.41, 5.74) is 6.77. The second-order valence-corrected chi connectivity index (χ2v) is 6.50. The lowest BCUT2D eigenvalue weighted by Gasteiger charge is -2.34. The molecule has 0 saturated carbocycles. The maximum absolute atomic E-state index is 11.1. The van der Waals surface area contributed by atoms with E-state index in [-0.39, 0.29) is 0 Å². The molecule has 0 spiro atoms. The van der Waals surface area contributed by atoms with Crippen LogP contribution < -0.4 is 10.5 Å². The third kappa shape index (κ3) is 4.60. The van der Waals surface area contributed by atoms with Crippen molar-refractivity contribution in [3.63, 3.8) is 0 Å². The number of hydrogen-bond acceptors (Lipinski definition) is 5. The topological polar surface area (TPSA) is 81.6 Å². The van der Waals surface area contributed by atoms with Crippen molar-refractivity contribution in [2.45, 2.75) is 38.6 Å². The van der Waals surface area contributed by atoms with E-state index in [9.17, 15) is 4.79 Å². The van der Waals surface area contributed by atoms with Gasteiger partial charge in [0.05, 0.1) is 12.6 Å². The van der Waals surface area contributed by atoms with Gasteiger partial charge in [0.15, 0.2) is 0 Å². The fourth-order valence-corrected chi connectivity index (χ4v) is 3.31. The average Bonchev–Trinajstić information content (AvgIpc) is 3.06. The number of carbonyl (C=O) groups is 1. The van der Waals surface area contributed by atoms with Gasteiger partial charge in [0.2, 0.25) is 5.91 Å². The van der Waals surface area contributed by atoms with Gasteiger partial charge in [-0.1, -0.05) is 11.6 Å². The molecule has 6 heteroatoms. The smallest absolute Gasteiger partial charge is 0.248 e. The lowest BCUT2D eigenvalue weighted by molar-refractivity contribution is 0.1000. The first kappa shape index (κ1) is 17.5. The molecule has 1 saturated heterocycles. The van der Waals surface area contributed by atoms with Crippen molar-refractivity contribution in [3.8, 4) is 5.75 Å². The summed E-state index contributed by atoms with van der Waals surface area (Å²) in [6.07, 6.45) is 4.52. The maximum atomic E-state index is 11.1. The molecule has 1 aromatic carbocycles. The average molecular weight is 343 g/mol. The largest absolute Gasteiger partial charge is 0.494 e. The number of rotatable bonds is 7. The monoisotopic (exact) mass is 343 g/mol. The number of benzene rings is 1. The summed E-state index contributed by atoms with van der Waals surface area (Å²) < 4.78 is 11.0. The number of nitrogens with zero attached hydrogens (tertiary/aromatic N) is 2. The van der Waals surface area contributed by atoms with Gasteiger partial charge in [0.1, 0.15) is 17.2 Å². The Morgan fingerprint density at radius 1 is 1.36 bits per heavy atom. The number of hydrogen-bond donors (Lipinski definition) is 1. The van der Waals surface area contributed by atoms with E-state index >= 15 is 0 Å². The van der Waals surface area contributed by atoms with Crippen LogP contribution in [0.4, 0.5) is 0 Å². The highest BCUT2D eigenvalue weighted by atomic mass is 16.5. The van der Waals surface area contributed by atoms with Crippen molar-refractivity contribution in [1.82, 2.24) is 10.1 Å². The molecule has 3 rings (SSSR count). The highest BCUT2D eigenvalue weighted by Crippen LogP contribution is 2.30. The normalized spacial score (nSPS) is 18.2. The molecule has 0 bridgehead atoms. The Kier molecular flexibility index (Phi) is 5.71. The summed E-state index contributed by atoms with van der Waals surface area (Å²) in [4.78, 5) is 13.5. The van der Waals surface area contributed by atoms with E-state index < -0.39 is 5.91 Å². The molecule has 1 unspecified atom stereocenters. The van der Waals surface area contributed by atoms with Crippen LogP contribution in [0.3, 0.4) is 0 Å². The first-order valence-corrected chi connectivity index (χ1v) is 8.83. The van der Waals surface area contributed by atoms with Crippen LogP contribution >= 0.6 is 0 Å². The van der Waals surface area contributed by atoms with Gasteiger partial charge < -0.3 is 15.0 Å². The second kappa shape index (κ2) is 8.16. The number of piperidine rings is 1. The molecule has 1 atom stereocenters. The summed E-state index contributed by atoms with van der Waals surface area (Å²) in [6.45, 7) is 4.62. The third-order valence-electron chi connectivity index (χ3n) is 4.60. The minimum atomic E-state index is -0.425. The summed E-state index contributed by atoms with van der Waals surface area (Å²) in [5, 5.41) is 4.20. The molecule has 0 aliphatic carbocycles. The van der Waals surface area contributed by atoms with Gasteiger partial charge in [0, 0.05) is 18.2 Å². The lowest BCUT2D eigenvalue weighted by atomic mass is 9.99. The van der Waals surface area contributed by atoms with Gasteiger partial charge in [-0.15, -0.1) is 0 Å². The van der Waals surface area contributed by atoms with Crippen LogP contribution in [0.2, 0.25) is 0 Å². The van der Waals surface area contributed by atoms with E-state index in [0.29, 0.717) is 18.2 Å². The fourth-order valence-electron chi connectivity index (χ4n) is 3.31. The number of amides is 1. The highest BCUT2D eigenvalue weighted by molar-refractivity contribution is 5.92. The Morgan fingerprint density at radius 2 is 2.16 bits per heavy atom. The second-order valence-electron chi connectivity index (χ2n) is 6.50. The van der Waals surface area contributed by atoms with Crippen molar-refractivity contribution in [2.75, 3.05) is 19.7 Å². The SMILES string of the molecule is Cc1cc(C2CCCCN2CCCOc2ccc(C(N)=O)cc2)no1. The standard InChI is InChI=1S/C19H25N3O3/c1-14-13-17(21-25-14)18-5-2-3-10-22(18)11-4-12-24-16-8-6-15(7-9-16)19(20)23/h6-9,13,18H,2-5,10-12H2,1H3,(H2,20,23). The van der Waals surface area contributed by atoms with Gasteiger partial charge in [-0.2, -0.15) is 0 Å². The minimum absolute atomic E-state index is 0.348. The van der Waals surface area contributed by atoms with Crippen molar-refractivity contribution in [2.24, 2.45) is 5.73 Å². The Morgan fingerprint density at radius 3 is 2.84 bits per heavy atom. The molecule has 2 heterocycles. The molecule has 1 aromatic heterocycles. The van der Waals surface area contributed by atoms with Gasteiger partial charge in [-0.3, -0.25) is 9.69 Å². The van der Waals surface area contributed by atoms with Gasteiger partial charge in [-0.05, 0) is 57.0 Å². The Hall–Kier alpha value is -2.34. The number of aromatic nitrogens is 1. The van der Waals surface area contributed by atoms with Crippen LogP contribution in [0.25, 0.3) is 0 Å². The van der Waals surface area contributed by atoms with E-state index in [0.717, 1.165) is 43.1 Å². The third-order valence-corrected chi connectivity index (χ3v) is 4.60. The molecule has 1 amide bonds. The van der Waals surface area contributed by atoms with Crippen LogP contribution in [0.5, 0.6) is 5.75 Å². The number of likely N-dealkylation sites (tertiary alicyclic amines) is 1. The first-order chi connectivity index (χ1) is 12.1. The van der Waals surface area contributed by atoms with E-state index in [2.05, 4.69) is 10.1 Å². The molecule has 1 aliphatic heterocycles. The van der Waals surface area contributed by atoms with Crippen molar-refractivity contribution in [3.05, 3.63) is 47.3 Å². The van der Waals surface area contributed by atoms with Crippen LogP contribution in [-0.4, -0.2) is 35.7 Å². The summed E-state index contributed by atoms with van der Waals surface area (Å²) >= 11 is 0. The molecule has 1 aliphatic rings. The molecular weight excluding hydrogens is 318 g/mol. The van der Waals surface area contributed by atoms with Crippen molar-refractivity contribution >= 4 is 5.91 Å². The quantitative estimate of drug-likeness (QED) is 0.781. The Labute approximate surface area is 147 Å². The van der Waals surface area contributed by atoms with Gasteiger partial charge in [-0.25, -0.2) is 0 Å². The van der Waals surface area contributed by atoms with E-state index in [1.165, 1.54) is 12.8 Å². The van der Waals surface area contributed by atoms with Crippen molar-refractivity contribution < 1.29 is 14.1 Å². The van der Waals surface area contributed by atoms with Gasteiger partial charge >= 0.3 is 0 Å². The highest BCUT2D eigenvalue weighted by Gasteiger charge is 2.25.